The molecule has 23 heavy (non-hydrogen) atoms. The van der Waals surface area contributed by atoms with Gasteiger partial charge in [-0.3, -0.25) is 4.79 Å². The van der Waals surface area contributed by atoms with E-state index in [4.69, 9.17) is 10.3 Å². The highest BCUT2D eigenvalue weighted by molar-refractivity contribution is 6.32. The molecule has 3 heterocycles. The van der Waals surface area contributed by atoms with Crippen LogP contribution < -0.4 is 5.84 Å². The third-order valence-electron chi connectivity index (χ3n) is 3.55. The highest BCUT2D eigenvalue weighted by Gasteiger charge is 2.40. The third-order valence-corrected chi connectivity index (χ3v) is 3.55. The topological polar surface area (TPSA) is 93.3 Å². The Morgan fingerprint density at radius 3 is 2.91 bits per heavy atom. The highest BCUT2D eigenvalue weighted by atomic mass is 16.3. The summed E-state index contributed by atoms with van der Waals surface area (Å²) in [7, 11) is 0. The molecule has 7 heteroatoms. The van der Waals surface area contributed by atoms with Crippen LogP contribution in [0.1, 0.15) is 21.7 Å². The van der Waals surface area contributed by atoms with Crippen LogP contribution in [0.3, 0.4) is 0 Å². The molecule has 2 aliphatic heterocycles. The van der Waals surface area contributed by atoms with Crippen LogP contribution in [0.5, 0.6) is 0 Å². The number of carbonyl (C=O) groups excluding carboxylic acids is 1. The second-order valence-corrected chi connectivity index (χ2v) is 5.12. The fourth-order valence-corrected chi connectivity index (χ4v) is 2.41. The summed E-state index contributed by atoms with van der Waals surface area (Å²) < 4.78 is 4.97. The van der Waals surface area contributed by atoms with E-state index in [0.717, 1.165) is 11.8 Å². The summed E-state index contributed by atoms with van der Waals surface area (Å²) in [5.74, 6) is 7.75. The molecule has 0 amide bonds. The van der Waals surface area contributed by atoms with Crippen molar-refractivity contribution in [3.63, 3.8) is 0 Å². The first-order valence-electron chi connectivity index (χ1n) is 6.91. The molecule has 0 saturated heterocycles. The number of rotatable bonds is 3. The van der Waals surface area contributed by atoms with Crippen LogP contribution in [0.25, 0.3) is 5.70 Å². The van der Waals surface area contributed by atoms with Gasteiger partial charge >= 0.3 is 0 Å². The highest BCUT2D eigenvalue weighted by Crippen LogP contribution is 2.26. The SMILES string of the molecule is N[N+]12C=C(c3cccc(C=O)c3)N=CC1=NC(c1ccco1)=N2. The van der Waals surface area contributed by atoms with Gasteiger partial charge in [-0.1, -0.05) is 18.2 Å². The fraction of sp³-hybridized carbons (Fsp3) is 0. The second kappa shape index (κ2) is 4.94. The van der Waals surface area contributed by atoms with Gasteiger partial charge in [-0.25, -0.2) is 4.99 Å². The lowest BCUT2D eigenvalue weighted by molar-refractivity contribution is -0.802. The molecule has 7 nitrogen and oxygen atoms in total. The van der Waals surface area contributed by atoms with Crippen molar-refractivity contribution in [3.05, 3.63) is 65.7 Å². The van der Waals surface area contributed by atoms with Crippen molar-refractivity contribution >= 4 is 29.9 Å². The smallest absolute Gasteiger partial charge is 0.300 e. The molecule has 0 aliphatic carbocycles. The fourth-order valence-electron chi connectivity index (χ4n) is 2.41. The Morgan fingerprint density at radius 1 is 1.22 bits per heavy atom. The van der Waals surface area contributed by atoms with E-state index in [0.29, 0.717) is 28.7 Å². The van der Waals surface area contributed by atoms with Gasteiger partial charge in [-0.15, -0.1) is 5.84 Å². The largest absolute Gasteiger partial charge is 0.461 e. The number of benzene rings is 1. The normalized spacial score (nSPS) is 22.2. The molecule has 1 aromatic heterocycles. The summed E-state index contributed by atoms with van der Waals surface area (Å²) in [6.07, 6.45) is 5.59. The monoisotopic (exact) mass is 306 g/mol. The Hall–Kier alpha value is -3.16. The van der Waals surface area contributed by atoms with Crippen LogP contribution in [0, 0.1) is 0 Å². The van der Waals surface area contributed by atoms with Gasteiger partial charge in [0.2, 0.25) is 0 Å². The van der Waals surface area contributed by atoms with E-state index >= 15 is 0 Å². The molecule has 0 fully saturated rings. The lowest BCUT2D eigenvalue weighted by atomic mass is 10.1. The van der Waals surface area contributed by atoms with Gasteiger partial charge in [-0.05, 0) is 28.0 Å². The van der Waals surface area contributed by atoms with Crippen molar-refractivity contribution < 1.29 is 13.9 Å². The maximum absolute atomic E-state index is 10.9. The Morgan fingerprint density at radius 2 is 2.13 bits per heavy atom. The zero-order valence-corrected chi connectivity index (χ0v) is 12.0. The van der Waals surface area contributed by atoms with Gasteiger partial charge in [0.1, 0.15) is 18.2 Å². The molecule has 2 N–H and O–H groups in total. The van der Waals surface area contributed by atoms with Crippen LogP contribution in [0.2, 0.25) is 0 Å². The molecule has 1 aromatic carbocycles. The number of hydrogen-bond acceptors (Lipinski definition) is 6. The molecular weight excluding hydrogens is 294 g/mol. The Kier molecular flexibility index (Phi) is 2.90. The predicted molar refractivity (Wildman–Crippen MR) is 85.4 cm³/mol. The number of carbonyl (C=O) groups is 1. The number of nitrogens with zero attached hydrogens (tertiary/aromatic N) is 4. The maximum atomic E-state index is 10.9. The zero-order valence-electron chi connectivity index (χ0n) is 12.0. The summed E-state index contributed by atoms with van der Waals surface area (Å²) in [6, 6.07) is 10.7. The average molecular weight is 306 g/mol. The minimum absolute atomic E-state index is 0.333. The second-order valence-electron chi connectivity index (χ2n) is 5.12. The molecular formula is C16H12N5O2+. The first-order valence-corrected chi connectivity index (χ1v) is 6.91. The van der Waals surface area contributed by atoms with Gasteiger partial charge in [0, 0.05) is 11.1 Å². The number of furan rings is 1. The van der Waals surface area contributed by atoms with Crippen LogP contribution in [-0.2, 0) is 0 Å². The summed E-state index contributed by atoms with van der Waals surface area (Å²) >= 11 is 0. The number of amidine groups is 2. The maximum Gasteiger partial charge on any atom is 0.300 e. The van der Waals surface area contributed by atoms with Gasteiger partial charge in [0.15, 0.2) is 12.0 Å². The van der Waals surface area contributed by atoms with Crippen LogP contribution in [0.4, 0.5) is 0 Å². The lowest BCUT2D eigenvalue weighted by Gasteiger charge is -2.19. The molecule has 4 rings (SSSR count). The van der Waals surface area contributed by atoms with E-state index in [1.807, 2.05) is 6.07 Å². The van der Waals surface area contributed by atoms with Gasteiger partial charge in [0.25, 0.3) is 11.7 Å². The first-order chi connectivity index (χ1) is 11.2. The van der Waals surface area contributed by atoms with Crippen LogP contribution in [-0.4, -0.2) is 28.9 Å². The van der Waals surface area contributed by atoms with Crippen molar-refractivity contribution in [2.45, 2.75) is 0 Å². The standard InChI is InChI=1S/C16H12N5O2/c17-21-9-13(12-4-1-3-11(7-12)10-22)18-8-15(21)19-16(20-21)14-5-2-6-23-14/h1-10H,17H2/q+1. The Bertz CT molecular complexity index is 908. The number of hydrogen-bond donors (Lipinski definition) is 1. The van der Waals surface area contributed by atoms with Crippen LogP contribution in [0.15, 0.2) is 68.4 Å². The minimum atomic E-state index is -0.333. The molecule has 1 unspecified atom stereocenters. The van der Waals surface area contributed by atoms with E-state index in [1.54, 1.807) is 49.0 Å². The van der Waals surface area contributed by atoms with Gasteiger partial charge < -0.3 is 4.42 Å². The quantitative estimate of drug-likeness (QED) is 0.533. The summed E-state index contributed by atoms with van der Waals surface area (Å²) in [4.78, 5) is 19.6. The van der Waals surface area contributed by atoms with E-state index in [1.165, 1.54) is 0 Å². The van der Waals surface area contributed by atoms with Crippen LogP contribution >= 0.6 is 0 Å². The predicted octanol–water partition coefficient (Wildman–Crippen LogP) is 1.94. The zero-order chi connectivity index (χ0) is 15.9. The summed E-state index contributed by atoms with van der Waals surface area (Å²) in [6.45, 7) is 0. The molecule has 0 spiro atoms. The molecule has 2 aliphatic rings. The van der Waals surface area contributed by atoms with E-state index in [2.05, 4.69) is 15.1 Å². The minimum Gasteiger partial charge on any atom is -0.461 e. The van der Waals surface area contributed by atoms with E-state index in [9.17, 15) is 4.79 Å². The number of aldehydes is 1. The molecule has 0 radical (unpaired) electrons. The Balaban J connectivity index is 1.76. The van der Waals surface area contributed by atoms with Crippen molar-refractivity contribution in [2.75, 3.05) is 0 Å². The molecule has 0 bridgehead atoms. The van der Waals surface area contributed by atoms with Gasteiger partial charge in [0.05, 0.1) is 6.26 Å². The summed E-state index contributed by atoms with van der Waals surface area (Å²) in [5, 5.41) is 4.40. The molecule has 2 aromatic rings. The number of quaternary nitrogens is 1. The van der Waals surface area contributed by atoms with Gasteiger partial charge in [-0.2, -0.15) is 4.99 Å². The Labute approximate surface area is 131 Å². The van der Waals surface area contributed by atoms with Crippen molar-refractivity contribution in [3.8, 4) is 0 Å². The average Bonchev–Trinajstić information content (AvgIpc) is 3.20. The number of aliphatic imine (C=N–C) groups is 2. The van der Waals surface area contributed by atoms with Crippen molar-refractivity contribution in [1.29, 1.82) is 0 Å². The summed E-state index contributed by atoms with van der Waals surface area (Å²) in [5.41, 5.74) is 1.98. The number of nitrogens with two attached hydrogens (primary N) is 1. The third kappa shape index (κ3) is 2.24. The lowest BCUT2D eigenvalue weighted by Crippen LogP contribution is -2.50. The molecule has 112 valence electrons. The van der Waals surface area contributed by atoms with E-state index < -0.39 is 0 Å². The van der Waals surface area contributed by atoms with Crippen molar-refractivity contribution in [1.82, 2.24) is 0 Å². The van der Waals surface area contributed by atoms with Crippen molar-refractivity contribution in [2.24, 2.45) is 20.9 Å². The molecule has 0 saturated carbocycles. The molecule has 1 atom stereocenters. The van der Waals surface area contributed by atoms with E-state index in [-0.39, 0.29) is 4.70 Å². The number of fused-ring (bicyclic) bond motifs is 1. The first kappa shape index (κ1) is 13.5.